The van der Waals surface area contributed by atoms with Gasteiger partial charge in [-0.3, -0.25) is 9.59 Å². The topological polar surface area (TPSA) is 102 Å². The summed E-state index contributed by atoms with van der Waals surface area (Å²) >= 11 is 0. The first-order valence-corrected chi connectivity index (χ1v) is 8.48. The van der Waals surface area contributed by atoms with Crippen molar-refractivity contribution in [3.8, 4) is 16.9 Å². The molecule has 0 heterocycles. The molecule has 0 saturated carbocycles. The van der Waals surface area contributed by atoms with Gasteiger partial charge in [0.05, 0.1) is 12.6 Å². The Morgan fingerprint density at radius 3 is 2.65 bits per heavy atom. The third-order valence-corrected chi connectivity index (χ3v) is 3.99. The predicted octanol–water partition coefficient (Wildman–Crippen LogP) is 2.03. The van der Waals surface area contributed by atoms with Crippen molar-refractivity contribution < 1.29 is 19.4 Å². The van der Waals surface area contributed by atoms with E-state index in [-0.39, 0.29) is 25.2 Å². The number of carbonyl (C=O) groups excluding carboxylic acids is 2. The lowest BCUT2D eigenvalue weighted by molar-refractivity contribution is -0.119. The second-order valence-electron chi connectivity index (χ2n) is 6.10. The van der Waals surface area contributed by atoms with Crippen LogP contribution in [0.25, 0.3) is 11.1 Å². The van der Waals surface area contributed by atoms with Crippen LogP contribution < -0.4 is 15.8 Å². The second kappa shape index (κ2) is 9.01. The maximum absolute atomic E-state index is 12.4. The van der Waals surface area contributed by atoms with Crippen molar-refractivity contribution in [3.63, 3.8) is 0 Å². The van der Waals surface area contributed by atoms with E-state index in [0.717, 1.165) is 16.7 Å². The van der Waals surface area contributed by atoms with Crippen LogP contribution in [0.15, 0.2) is 42.5 Å². The van der Waals surface area contributed by atoms with E-state index in [0.29, 0.717) is 17.7 Å². The van der Waals surface area contributed by atoms with Gasteiger partial charge in [0.25, 0.3) is 11.8 Å². The minimum absolute atomic E-state index is 0.106. The molecule has 26 heavy (non-hydrogen) atoms. The van der Waals surface area contributed by atoms with Crippen LogP contribution in [0.3, 0.4) is 0 Å². The standard InChI is InChI=1S/C20H24N2O4/c1-3-16(11-23)22-20(25)15-6-4-5-14(10-15)17-9-13(2)7-8-18(17)26-12-19(21)24/h4-10,16,23H,3,11-12H2,1-2H3,(H2,21,24)(H,22,25)/t16-/m0/s1. The number of aryl methyl sites for hydroxylation is 1. The molecule has 2 aromatic carbocycles. The van der Waals surface area contributed by atoms with Crippen molar-refractivity contribution >= 4 is 11.8 Å². The van der Waals surface area contributed by atoms with E-state index in [4.69, 9.17) is 10.5 Å². The molecule has 6 nitrogen and oxygen atoms in total. The first kappa shape index (κ1) is 19.5. The molecule has 138 valence electrons. The number of hydrogen-bond acceptors (Lipinski definition) is 4. The number of nitrogens with one attached hydrogen (secondary N) is 1. The molecule has 2 aromatic rings. The molecule has 0 bridgehead atoms. The highest BCUT2D eigenvalue weighted by atomic mass is 16.5. The molecular weight excluding hydrogens is 332 g/mol. The fraction of sp³-hybridized carbons (Fsp3) is 0.300. The molecule has 0 saturated heterocycles. The number of aliphatic hydroxyl groups is 1. The summed E-state index contributed by atoms with van der Waals surface area (Å²) in [6, 6.07) is 12.4. The van der Waals surface area contributed by atoms with E-state index in [9.17, 15) is 14.7 Å². The first-order valence-electron chi connectivity index (χ1n) is 8.48. The number of benzene rings is 2. The van der Waals surface area contributed by atoms with Gasteiger partial charge in [-0.25, -0.2) is 0 Å². The van der Waals surface area contributed by atoms with E-state index in [1.165, 1.54) is 0 Å². The summed E-state index contributed by atoms with van der Waals surface area (Å²) in [5.74, 6) is -0.284. The Balaban J connectivity index is 2.33. The number of rotatable bonds is 8. The molecule has 0 unspecified atom stereocenters. The Kier molecular flexibility index (Phi) is 6.74. The summed E-state index contributed by atoms with van der Waals surface area (Å²) in [5.41, 5.74) is 8.23. The summed E-state index contributed by atoms with van der Waals surface area (Å²) in [6.07, 6.45) is 0.644. The highest BCUT2D eigenvalue weighted by Crippen LogP contribution is 2.31. The zero-order valence-electron chi connectivity index (χ0n) is 15.0. The smallest absolute Gasteiger partial charge is 0.255 e. The monoisotopic (exact) mass is 356 g/mol. The van der Waals surface area contributed by atoms with Crippen LogP contribution in [0.1, 0.15) is 29.3 Å². The van der Waals surface area contributed by atoms with Gasteiger partial charge in [-0.1, -0.05) is 30.7 Å². The SMILES string of the molecule is CC[C@@H](CO)NC(=O)c1cccc(-c2cc(C)ccc2OCC(N)=O)c1. The van der Waals surface area contributed by atoms with Gasteiger partial charge in [-0.05, 0) is 43.2 Å². The molecule has 4 N–H and O–H groups in total. The van der Waals surface area contributed by atoms with Crippen molar-refractivity contribution in [2.75, 3.05) is 13.2 Å². The van der Waals surface area contributed by atoms with Gasteiger partial charge in [0.2, 0.25) is 0 Å². The minimum atomic E-state index is -0.556. The van der Waals surface area contributed by atoms with Crippen LogP contribution in [0.2, 0.25) is 0 Å². The molecule has 0 aliphatic rings. The minimum Gasteiger partial charge on any atom is -0.483 e. The van der Waals surface area contributed by atoms with Crippen LogP contribution >= 0.6 is 0 Å². The third kappa shape index (κ3) is 5.07. The summed E-state index contributed by atoms with van der Waals surface area (Å²) in [7, 11) is 0. The number of aliphatic hydroxyl groups excluding tert-OH is 1. The molecule has 0 radical (unpaired) electrons. The average molecular weight is 356 g/mol. The van der Waals surface area contributed by atoms with Crippen molar-refractivity contribution in [1.29, 1.82) is 0 Å². The highest BCUT2D eigenvalue weighted by molar-refractivity contribution is 5.96. The molecule has 2 rings (SSSR count). The van der Waals surface area contributed by atoms with Crippen LogP contribution in [0, 0.1) is 6.92 Å². The number of amides is 2. The Morgan fingerprint density at radius 2 is 2.00 bits per heavy atom. The maximum atomic E-state index is 12.4. The number of carbonyl (C=O) groups is 2. The predicted molar refractivity (Wildman–Crippen MR) is 99.9 cm³/mol. The number of primary amides is 1. The van der Waals surface area contributed by atoms with Gasteiger partial charge >= 0.3 is 0 Å². The van der Waals surface area contributed by atoms with Crippen LogP contribution in [0.5, 0.6) is 5.75 Å². The lowest BCUT2D eigenvalue weighted by Gasteiger charge is -2.15. The molecule has 2 amide bonds. The zero-order chi connectivity index (χ0) is 19.1. The molecular formula is C20H24N2O4. The molecule has 0 spiro atoms. The fourth-order valence-electron chi connectivity index (χ4n) is 2.52. The van der Waals surface area contributed by atoms with Gasteiger partial charge in [-0.2, -0.15) is 0 Å². The van der Waals surface area contributed by atoms with Crippen LogP contribution in [-0.4, -0.2) is 36.2 Å². The first-order chi connectivity index (χ1) is 12.4. The van der Waals surface area contributed by atoms with E-state index < -0.39 is 5.91 Å². The van der Waals surface area contributed by atoms with Crippen molar-refractivity contribution in [2.45, 2.75) is 26.3 Å². The molecule has 6 heteroatoms. The van der Waals surface area contributed by atoms with E-state index in [2.05, 4.69) is 5.32 Å². The quantitative estimate of drug-likeness (QED) is 0.673. The fourth-order valence-corrected chi connectivity index (χ4v) is 2.52. The van der Waals surface area contributed by atoms with Crippen molar-refractivity contribution in [3.05, 3.63) is 53.6 Å². The largest absolute Gasteiger partial charge is 0.483 e. The normalized spacial score (nSPS) is 11.7. The van der Waals surface area contributed by atoms with E-state index >= 15 is 0 Å². The van der Waals surface area contributed by atoms with Crippen LogP contribution in [0.4, 0.5) is 0 Å². The van der Waals surface area contributed by atoms with Crippen molar-refractivity contribution in [1.82, 2.24) is 5.32 Å². The molecule has 0 aliphatic heterocycles. The van der Waals surface area contributed by atoms with Gasteiger partial charge in [0.15, 0.2) is 6.61 Å². The number of hydrogen-bond donors (Lipinski definition) is 3. The van der Waals surface area contributed by atoms with Gasteiger partial charge < -0.3 is 20.9 Å². The Morgan fingerprint density at radius 1 is 1.23 bits per heavy atom. The van der Waals surface area contributed by atoms with Gasteiger partial charge in [-0.15, -0.1) is 0 Å². The summed E-state index contributed by atoms with van der Waals surface area (Å²) < 4.78 is 5.50. The molecule has 0 fully saturated rings. The highest BCUT2D eigenvalue weighted by Gasteiger charge is 2.14. The Hall–Kier alpha value is -2.86. The van der Waals surface area contributed by atoms with Gasteiger partial charge in [0, 0.05) is 11.1 Å². The lowest BCUT2D eigenvalue weighted by atomic mass is 10.00. The number of ether oxygens (including phenoxy) is 1. The van der Waals surface area contributed by atoms with Gasteiger partial charge in [0.1, 0.15) is 5.75 Å². The molecule has 0 aromatic heterocycles. The summed E-state index contributed by atoms with van der Waals surface area (Å²) in [4.78, 5) is 23.4. The maximum Gasteiger partial charge on any atom is 0.255 e. The average Bonchev–Trinajstić information content (AvgIpc) is 2.64. The second-order valence-corrected chi connectivity index (χ2v) is 6.10. The van der Waals surface area contributed by atoms with E-state index in [1.807, 2.05) is 32.0 Å². The zero-order valence-corrected chi connectivity index (χ0v) is 15.0. The Labute approximate surface area is 153 Å². The summed E-state index contributed by atoms with van der Waals surface area (Å²) in [6.45, 7) is 3.52. The Bertz CT molecular complexity index is 785. The number of nitrogens with two attached hydrogens (primary N) is 1. The molecule has 1 atom stereocenters. The summed E-state index contributed by atoms with van der Waals surface area (Å²) in [5, 5.41) is 12.1. The lowest BCUT2D eigenvalue weighted by Crippen LogP contribution is -2.36. The third-order valence-electron chi connectivity index (χ3n) is 3.99. The van der Waals surface area contributed by atoms with Crippen LogP contribution in [-0.2, 0) is 4.79 Å². The van der Waals surface area contributed by atoms with Crippen molar-refractivity contribution in [2.24, 2.45) is 5.73 Å². The molecule has 0 aliphatic carbocycles. The van der Waals surface area contributed by atoms with E-state index in [1.54, 1.807) is 24.3 Å².